The number of aromatic amines is 1. The molecule has 1 unspecified atom stereocenters. The number of nitrogens with zero attached hydrogens (tertiary/aromatic N) is 2. The topological polar surface area (TPSA) is 105 Å². The lowest BCUT2D eigenvalue weighted by atomic mass is 10.1. The van der Waals surface area contributed by atoms with E-state index in [2.05, 4.69) is 4.98 Å². The number of H-pyrrole nitrogens is 1. The monoisotopic (exact) mass is 323 g/mol. The van der Waals surface area contributed by atoms with E-state index in [0.717, 1.165) is 17.4 Å². The Hall–Kier alpha value is -1.93. The average Bonchev–Trinajstić information content (AvgIpc) is 3.05. The van der Waals surface area contributed by atoms with Gasteiger partial charge in [-0.05, 0) is 25.7 Å². The Morgan fingerprint density at radius 2 is 2.04 bits per heavy atom. The number of rotatable bonds is 3. The Balaban J connectivity index is 1.83. The summed E-state index contributed by atoms with van der Waals surface area (Å²) in [6.07, 6.45) is 3.33. The van der Waals surface area contributed by atoms with Gasteiger partial charge in [-0.25, -0.2) is 4.79 Å². The van der Waals surface area contributed by atoms with Gasteiger partial charge in [-0.2, -0.15) is 0 Å². The molecule has 8 nitrogen and oxygen atoms in total. The van der Waals surface area contributed by atoms with Crippen molar-refractivity contribution < 1.29 is 14.6 Å². The predicted molar refractivity (Wildman–Crippen MR) is 81.4 cm³/mol. The van der Waals surface area contributed by atoms with Crippen molar-refractivity contribution in [2.24, 2.45) is 0 Å². The van der Waals surface area contributed by atoms with Gasteiger partial charge in [-0.3, -0.25) is 14.2 Å². The smallest absolute Gasteiger partial charge is 0.328 e. The van der Waals surface area contributed by atoms with Gasteiger partial charge in [0.25, 0.3) is 11.5 Å². The molecule has 2 N–H and O–H groups in total. The molecule has 1 atom stereocenters. The first-order valence-electron chi connectivity index (χ1n) is 7.97. The molecule has 0 spiro atoms. The van der Waals surface area contributed by atoms with Gasteiger partial charge >= 0.3 is 5.69 Å². The second-order valence-corrected chi connectivity index (χ2v) is 6.08. The lowest BCUT2D eigenvalue weighted by Crippen LogP contribution is -2.46. The molecule has 126 valence electrons. The van der Waals surface area contributed by atoms with Crippen LogP contribution in [0.25, 0.3) is 0 Å². The molecular formula is C15H21N3O5. The summed E-state index contributed by atoms with van der Waals surface area (Å²) in [6.45, 7) is 1.61. The quantitative estimate of drug-likeness (QED) is 0.766. The molecule has 2 saturated heterocycles. The van der Waals surface area contributed by atoms with E-state index in [-0.39, 0.29) is 18.2 Å². The summed E-state index contributed by atoms with van der Waals surface area (Å²) in [5.74, 6) is -0.403. The molecule has 8 heteroatoms. The maximum atomic E-state index is 12.5. The zero-order valence-electron chi connectivity index (χ0n) is 12.9. The molecule has 2 aliphatic rings. The van der Waals surface area contributed by atoms with E-state index in [1.165, 1.54) is 11.1 Å². The molecule has 0 aliphatic carbocycles. The maximum absolute atomic E-state index is 12.5. The number of amides is 1. The number of carbonyl (C=O) groups excluding carboxylic acids is 1. The number of aliphatic hydroxyl groups is 1. The Morgan fingerprint density at radius 1 is 1.30 bits per heavy atom. The Kier molecular flexibility index (Phi) is 4.63. The lowest BCUT2D eigenvalue weighted by Gasteiger charge is -2.29. The minimum atomic E-state index is -0.583. The van der Waals surface area contributed by atoms with E-state index >= 15 is 0 Å². The van der Waals surface area contributed by atoms with Crippen molar-refractivity contribution in [3.63, 3.8) is 0 Å². The molecule has 0 radical (unpaired) electrons. The van der Waals surface area contributed by atoms with Crippen molar-refractivity contribution in [2.45, 2.75) is 44.4 Å². The molecule has 0 saturated carbocycles. The van der Waals surface area contributed by atoms with E-state index in [1.807, 2.05) is 0 Å². The average molecular weight is 323 g/mol. The fourth-order valence-electron chi connectivity index (χ4n) is 3.06. The van der Waals surface area contributed by atoms with Crippen molar-refractivity contribution >= 4 is 5.91 Å². The summed E-state index contributed by atoms with van der Waals surface area (Å²) < 4.78 is 6.50. The second kappa shape index (κ2) is 6.67. The summed E-state index contributed by atoms with van der Waals surface area (Å²) in [5, 5.41) is 9.51. The Morgan fingerprint density at radius 3 is 2.70 bits per heavy atom. The van der Waals surface area contributed by atoms with Gasteiger partial charge in [0, 0.05) is 25.9 Å². The molecule has 3 heterocycles. The number of hydrogen-bond donors (Lipinski definition) is 2. The van der Waals surface area contributed by atoms with Crippen molar-refractivity contribution in [3.8, 4) is 0 Å². The third kappa shape index (κ3) is 3.37. The summed E-state index contributed by atoms with van der Waals surface area (Å²) >= 11 is 0. The molecule has 1 aromatic heterocycles. The predicted octanol–water partition coefficient (Wildman–Crippen LogP) is -0.687. The van der Waals surface area contributed by atoms with Crippen molar-refractivity contribution in [2.75, 3.05) is 19.7 Å². The van der Waals surface area contributed by atoms with Gasteiger partial charge in [0.05, 0.1) is 18.8 Å². The van der Waals surface area contributed by atoms with Crippen LogP contribution in [0.15, 0.2) is 15.8 Å². The van der Waals surface area contributed by atoms with E-state index in [0.29, 0.717) is 32.5 Å². The van der Waals surface area contributed by atoms with Crippen molar-refractivity contribution in [1.82, 2.24) is 14.5 Å². The summed E-state index contributed by atoms with van der Waals surface area (Å²) in [5.41, 5.74) is -1.16. The van der Waals surface area contributed by atoms with Crippen LogP contribution in [-0.2, 0) is 11.3 Å². The van der Waals surface area contributed by atoms with Crippen LogP contribution in [0.3, 0.4) is 0 Å². The Labute approximate surface area is 132 Å². The van der Waals surface area contributed by atoms with Crippen LogP contribution in [0.4, 0.5) is 0 Å². The summed E-state index contributed by atoms with van der Waals surface area (Å²) in [4.78, 5) is 40.9. The van der Waals surface area contributed by atoms with Crippen LogP contribution in [-0.4, -0.2) is 57.4 Å². The second-order valence-electron chi connectivity index (χ2n) is 6.08. The number of aliphatic hydroxyl groups excluding tert-OH is 1. The number of aromatic nitrogens is 2. The molecular weight excluding hydrogens is 302 g/mol. The van der Waals surface area contributed by atoms with Gasteiger partial charge in [-0.1, -0.05) is 0 Å². The number of carbonyl (C=O) groups is 1. The number of nitrogens with one attached hydrogen (secondary N) is 1. The highest BCUT2D eigenvalue weighted by Gasteiger charge is 2.26. The van der Waals surface area contributed by atoms with E-state index in [4.69, 9.17) is 4.74 Å². The number of hydrogen-bond acceptors (Lipinski definition) is 5. The fraction of sp³-hybridized carbons (Fsp3) is 0.667. The van der Waals surface area contributed by atoms with E-state index in [1.54, 1.807) is 0 Å². The van der Waals surface area contributed by atoms with Crippen LogP contribution >= 0.6 is 0 Å². The molecule has 2 fully saturated rings. The molecule has 0 bridgehead atoms. The molecule has 3 rings (SSSR count). The molecule has 2 aliphatic heterocycles. The summed E-state index contributed by atoms with van der Waals surface area (Å²) in [7, 11) is 0. The van der Waals surface area contributed by atoms with Crippen LogP contribution in [0.5, 0.6) is 0 Å². The molecule has 1 aromatic rings. The van der Waals surface area contributed by atoms with Gasteiger partial charge in [0.15, 0.2) is 0 Å². The lowest BCUT2D eigenvalue weighted by molar-refractivity contribution is 0.0542. The van der Waals surface area contributed by atoms with Crippen molar-refractivity contribution in [3.05, 3.63) is 32.6 Å². The zero-order valence-corrected chi connectivity index (χ0v) is 12.9. The van der Waals surface area contributed by atoms with Gasteiger partial charge in [-0.15, -0.1) is 0 Å². The molecule has 23 heavy (non-hydrogen) atoms. The Bertz CT molecular complexity index is 681. The van der Waals surface area contributed by atoms with Crippen LogP contribution < -0.4 is 11.2 Å². The number of piperidine rings is 1. The highest BCUT2D eigenvalue weighted by atomic mass is 16.5. The largest absolute Gasteiger partial charge is 0.393 e. The third-order valence-electron chi connectivity index (χ3n) is 4.45. The molecule has 1 amide bonds. The standard InChI is InChI=1S/C15H21N3O5/c19-10-3-5-17(6-4-10)13(20)12-8-16-15(22)18(14(12)21)9-11-2-1-7-23-11/h8,10-11,19H,1-7,9H2,(H,16,22). The number of likely N-dealkylation sites (tertiary alicyclic amines) is 1. The van der Waals surface area contributed by atoms with Gasteiger partial charge in [0.1, 0.15) is 5.56 Å². The highest BCUT2D eigenvalue weighted by molar-refractivity contribution is 5.93. The van der Waals surface area contributed by atoms with Crippen molar-refractivity contribution in [1.29, 1.82) is 0 Å². The fourth-order valence-corrected chi connectivity index (χ4v) is 3.06. The first kappa shape index (κ1) is 15.9. The molecule has 0 aromatic carbocycles. The third-order valence-corrected chi connectivity index (χ3v) is 4.45. The highest BCUT2D eigenvalue weighted by Crippen LogP contribution is 2.13. The van der Waals surface area contributed by atoms with Crippen LogP contribution in [0, 0.1) is 0 Å². The minimum absolute atomic E-state index is 0.0426. The SMILES string of the molecule is O=C(c1c[nH]c(=O)n(CC2CCCO2)c1=O)N1CCC(O)CC1. The van der Waals surface area contributed by atoms with Crippen LogP contribution in [0.1, 0.15) is 36.0 Å². The maximum Gasteiger partial charge on any atom is 0.328 e. The van der Waals surface area contributed by atoms with Crippen LogP contribution in [0.2, 0.25) is 0 Å². The van der Waals surface area contributed by atoms with E-state index < -0.39 is 23.3 Å². The number of ether oxygens (including phenoxy) is 1. The normalized spacial score (nSPS) is 22.5. The van der Waals surface area contributed by atoms with Gasteiger partial charge < -0.3 is 19.7 Å². The first-order chi connectivity index (χ1) is 11.1. The zero-order chi connectivity index (χ0) is 16.4. The summed E-state index contributed by atoms with van der Waals surface area (Å²) in [6, 6.07) is 0. The van der Waals surface area contributed by atoms with E-state index in [9.17, 15) is 19.5 Å². The minimum Gasteiger partial charge on any atom is -0.393 e. The first-order valence-corrected chi connectivity index (χ1v) is 7.97. The van der Waals surface area contributed by atoms with Gasteiger partial charge in [0.2, 0.25) is 0 Å².